The van der Waals surface area contributed by atoms with E-state index in [0.29, 0.717) is 11.6 Å². The lowest BCUT2D eigenvalue weighted by atomic mass is 10.0. The monoisotopic (exact) mass is 276 g/mol. The third-order valence-corrected chi connectivity index (χ3v) is 3.57. The number of aryl methyl sites for hydroxylation is 3. The molecule has 0 amide bonds. The smallest absolute Gasteiger partial charge is 0.126 e. The van der Waals surface area contributed by atoms with Crippen LogP contribution < -0.4 is 0 Å². The van der Waals surface area contributed by atoms with Gasteiger partial charge >= 0.3 is 0 Å². The molecule has 0 aliphatic rings. The molecule has 21 heavy (non-hydrogen) atoms. The maximum atomic E-state index is 4.26. The molecule has 104 valence electrons. The minimum atomic E-state index is 0.558. The summed E-state index contributed by atoms with van der Waals surface area (Å²) in [6.07, 6.45) is 0. The van der Waals surface area contributed by atoms with E-state index in [2.05, 4.69) is 20.4 Å². The molecule has 0 spiro atoms. The number of hydrogen-bond donors (Lipinski definition) is 0. The molecule has 0 aliphatic carbocycles. The van der Waals surface area contributed by atoms with E-state index in [0.717, 1.165) is 27.8 Å². The minimum Gasteiger partial charge on any atom is -0.126 e. The Morgan fingerprint density at radius 2 is 1.10 bits per heavy atom. The zero-order valence-electron chi connectivity index (χ0n) is 12.3. The van der Waals surface area contributed by atoms with Crippen molar-refractivity contribution in [2.24, 2.45) is 0 Å². The molecule has 0 N–H and O–H groups in total. The first-order valence-electron chi connectivity index (χ1n) is 6.87. The Hall–Kier alpha value is -2.62. The predicted molar refractivity (Wildman–Crippen MR) is 82.7 cm³/mol. The molecule has 0 atom stereocenters. The molecular weight excluding hydrogens is 260 g/mol. The van der Waals surface area contributed by atoms with Crippen LogP contribution in [-0.4, -0.2) is 20.4 Å². The van der Waals surface area contributed by atoms with Gasteiger partial charge in [0, 0.05) is 11.1 Å². The minimum absolute atomic E-state index is 0.558. The van der Waals surface area contributed by atoms with E-state index in [9.17, 15) is 0 Å². The molecule has 0 bridgehead atoms. The summed E-state index contributed by atoms with van der Waals surface area (Å²) in [5.74, 6) is 1.13. The van der Waals surface area contributed by atoms with Gasteiger partial charge in [-0.1, -0.05) is 42.5 Å². The standard InChI is InChI=1S/C17H16N4/c1-11-7-4-5-10-14(11)16-18-20-17(21-19-16)15-12(2)8-6-9-13(15)3/h4-10H,1-3H3. The summed E-state index contributed by atoms with van der Waals surface area (Å²) in [6, 6.07) is 14.1. The third kappa shape index (κ3) is 2.52. The molecule has 0 saturated carbocycles. The van der Waals surface area contributed by atoms with Crippen molar-refractivity contribution in [2.45, 2.75) is 20.8 Å². The zero-order valence-corrected chi connectivity index (χ0v) is 12.3. The molecule has 0 aliphatic heterocycles. The Balaban J connectivity index is 2.04. The van der Waals surface area contributed by atoms with Crippen LogP contribution in [0.5, 0.6) is 0 Å². The van der Waals surface area contributed by atoms with E-state index in [4.69, 9.17) is 0 Å². The van der Waals surface area contributed by atoms with Crippen LogP contribution in [0.25, 0.3) is 22.8 Å². The summed E-state index contributed by atoms with van der Waals surface area (Å²) in [6.45, 7) is 6.11. The van der Waals surface area contributed by atoms with Crippen molar-refractivity contribution < 1.29 is 0 Å². The third-order valence-electron chi connectivity index (χ3n) is 3.57. The van der Waals surface area contributed by atoms with E-state index in [1.807, 2.05) is 63.2 Å². The van der Waals surface area contributed by atoms with Gasteiger partial charge in [0.15, 0.2) is 0 Å². The van der Waals surface area contributed by atoms with Crippen LogP contribution >= 0.6 is 0 Å². The normalized spacial score (nSPS) is 10.6. The average molecular weight is 276 g/mol. The van der Waals surface area contributed by atoms with Crippen molar-refractivity contribution in [3.63, 3.8) is 0 Å². The van der Waals surface area contributed by atoms with Crippen molar-refractivity contribution >= 4 is 0 Å². The molecule has 0 radical (unpaired) electrons. The maximum absolute atomic E-state index is 4.26. The van der Waals surface area contributed by atoms with Crippen LogP contribution in [0.2, 0.25) is 0 Å². The highest BCUT2D eigenvalue weighted by atomic mass is 15.3. The molecule has 3 rings (SSSR count). The fraction of sp³-hybridized carbons (Fsp3) is 0.176. The van der Waals surface area contributed by atoms with Crippen molar-refractivity contribution in [1.29, 1.82) is 0 Å². The van der Waals surface area contributed by atoms with Crippen LogP contribution in [0.4, 0.5) is 0 Å². The Labute approximate surface area is 123 Å². The molecule has 1 heterocycles. The number of rotatable bonds is 2. The van der Waals surface area contributed by atoms with Gasteiger partial charge in [-0.25, -0.2) is 0 Å². The summed E-state index contributed by atoms with van der Waals surface area (Å²) >= 11 is 0. The molecule has 0 fully saturated rings. The van der Waals surface area contributed by atoms with Crippen LogP contribution in [0, 0.1) is 20.8 Å². The van der Waals surface area contributed by atoms with Gasteiger partial charge in [0.25, 0.3) is 0 Å². The second kappa shape index (κ2) is 5.40. The predicted octanol–water partition coefficient (Wildman–Crippen LogP) is 3.53. The second-order valence-corrected chi connectivity index (χ2v) is 5.13. The van der Waals surface area contributed by atoms with E-state index in [1.165, 1.54) is 0 Å². The number of aromatic nitrogens is 4. The summed E-state index contributed by atoms with van der Waals surface area (Å²) in [7, 11) is 0. The van der Waals surface area contributed by atoms with E-state index in [1.54, 1.807) is 0 Å². The molecule has 3 aromatic rings. The SMILES string of the molecule is Cc1ccccc1-c1nnc(-c2c(C)cccc2C)nn1. The molecule has 1 aromatic heterocycles. The van der Waals surface area contributed by atoms with Gasteiger partial charge < -0.3 is 0 Å². The zero-order chi connectivity index (χ0) is 14.8. The van der Waals surface area contributed by atoms with Gasteiger partial charge in [-0.3, -0.25) is 0 Å². The highest BCUT2D eigenvalue weighted by Crippen LogP contribution is 2.24. The van der Waals surface area contributed by atoms with Gasteiger partial charge in [-0.05, 0) is 37.5 Å². The largest absolute Gasteiger partial charge is 0.204 e. The number of hydrogen-bond acceptors (Lipinski definition) is 4. The Bertz CT molecular complexity index is 759. The highest BCUT2D eigenvalue weighted by Gasteiger charge is 2.11. The van der Waals surface area contributed by atoms with Gasteiger partial charge in [-0.15, -0.1) is 20.4 Å². The Morgan fingerprint density at radius 1 is 0.571 bits per heavy atom. The van der Waals surface area contributed by atoms with Gasteiger partial charge in [0.1, 0.15) is 0 Å². The molecule has 2 aromatic carbocycles. The Kier molecular flexibility index (Phi) is 3.44. The highest BCUT2D eigenvalue weighted by molar-refractivity contribution is 5.64. The van der Waals surface area contributed by atoms with Crippen LogP contribution in [0.3, 0.4) is 0 Å². The lowest BCUT2D eigenvalue weighted by molar-refractivity contribution is 0.872. The quantitative estimate of drug-likeness (QED) is 0.718. The van der Waals surface area contributed by atoms with Crippen LogP contribution in [-0.2, 0) is 0 Å². The number of benzene rings is 2. The van der Waals surface area contributed by atoms with E-state index >= 15 is 0 Å². The van der Waals surface area contributed by atoms with E-state index < -0.39 is 0 Å². The van der Waals surface area contributed by atoms with Gasteiger partial charge in [0.05, 0.1) is 0 Å². The molecule has 4 nitrogen and oxygen atoms in total. The van der Waals surface area contributed by atoms with E-state index in [-0.39, 0.29) is 0 Å². The van der Waals surface area contributed by atoms with Crippen LogP contribution in [0.1, 0.15) is 16.7 Å². The first kappa shape index (κ1) is 13.4. The van der Waals surface area contributed by atoms with Crippen molar-refractivity contribution in [1.82, 2.24) is 20.4 Å². The Morgan fingerprint density at radius 3 is 1.71 bits per heavy atom. The molecule has 0 unspecified atom stereocenters. The molecule has 0 saturated heterocycles. The van der Waals surface area contributed by atoms with Crippen molar-refractivity contribution in [3.8, 4) is 22.8 Å². The topological polar surface area (TPSA) is 51.6 Å². The first-order chi connectivity index (χ1) is 10.2. The maximum Gasteiger partial charge on any atom is 0.204 e. The van der Waals surface area contributed by atoms with Crippen molar-refractivity contribution in [3.05, 3.63) is 59.2 Å². The second-order valence-electron chi connectivity index (χ2n) is 5.13. The summed E-state index contributed by atoms with van der Waals surface area (Å²) < 4.78 is 0. The number of nitrogens with zero attached hydrogens (tertiary/aromatic N) is 4. The average Bonchev–Trinajstić information content (AvgIpc) is 2.48. The molecule has 4 heteroatoms. The molecular formula is C17H16N4. The van der Waals surface area contributed by atoms with Crippen molar-refractivity contribution in [2.75, 3.05) is 0 Å². The fourth-order valence-electron chi connectivity index (χ4n) is 2.43. The first-order valence-corrected chi connectivity index (χ1v) is 6.87. The summed E-state index contributed by atoms with van der Waals surface area (Å²) in [5, 5.41) is 17.0. The lowest BCUT2D eigenvalue weighted by Crippen LogP contribution is -2.02. The van der Waals surface area contributed by atoms with Gasteiger partial charge in [0.2, 0.25) is 11.6 Å². The summed E-state index contributed by atoms with van der Waals surface area (Å²) in [4.78, 5) is 0. The lowest BCUT2D eigenvalue weighted by Gasteiger charge is -2.07. The van der Waals surface area contributed by atoms with Gasteiger partial charge in [-0.2, -0.15) is 0 Å². The summed E-state index contributed by atoms with van der Waals surface area (Å²) in [5.41, 5.74) is 5.34. The van der Waals surface area contributed by atoms with Crippen LogP contribution in [0.15, 0.2) is 42.5 Å². The fourth-order valence-corrected chi connectivity index (χ4v) is 2.43.